The highest BCUT2D eigenvalue weighted by Crippen LogP contribution is 2.37. The number of hydrogen-bond donors (Lipinski definition) is 1. The van der Waals surface area contributed by atoms with Crippen LogP contribution in [0.3, 0.4) is 0 Å². The molecule has 0 amide bonds. The summed E-state index contributed by atoms with van der Waals surface area (Å²) in [6, 6.07) is 9.40. The molecule has 2 aromatic rings. The van der Waals surface area contributed by atoms with Crippen LogP contribution in [-0.2, 0) is 6.42 Å². The summed E-state index contributed by atoms with van der Waals surface area (Å²) in [7, 11) is 4.37. The van der Waals surface area contributed by atoms with Gasteiger partial charge in [0, 0.05) is 22.6 Å². The average Bonchev–Trinajstić information content (AvgIpc) is 2.83. The van der Waals surface area contributed by atoms with Gasteiger partial charge in [-0.3, -0.25) is 4.90 Å². The molecule has 1 aromatic heterocycles. The van der Waals surface area contributed by atoms with Crippen molar-refractivity contribution < 1.29 is 0 Å². The Morgan fingerprint density at radius 1 is 1.29 bits per heavy atom. The molecule has 0 aliphatic carbocycles. The molecule has 2 atom stereocenters. The lowest BCUT2D eigenvalue weighted by molar-refractivity contribution is 0.206. The van der Waals surface area contributed by atoms with Crippen molar-refractivity contribution in [1.29, 1.82) is 0 Å². The van der Waals surface area contributed by atoms with Crippen LogP contribution in [0.15, 0.2) is 24.3 Å². The minimum atomic E-state index is 0.424. The van der Waals surface area contributed by atoms with Crippen LogP contribution in [0.2, 0.25) is 0 Å². The Labute approximate surface area is 127 Å². The first-order valence-corrected chi connectivity index (χ1v) is 8.20. The Balaban J connectivity index is 2.30. The highest BCUT2D eigenvalue weighted by Gasteiger charge is 2.29. The molecule has 114 valence electrons. The summed E-state index contributed by atoms with van der Waals surface area (Å²) in [5, 5.41) is 5.16. The summed E-state index contributed by atoms with van der Waals surface area (Å²) in [5.41, 5.74) is 4.48. The van der Waals surface area contributed by atoms with Crippen LogP contribution in [0.5, 0.6) is 0 Å². The summed E-state index contributed by atoms with van der Waals surface area (Å²) in [6.07, 6.45) is 3.83. The molecule has 0 fully saturated rings. The Morgan fingerprint density at radius 2 is 2.05 bits per heavy atom. The molecule has 3 rings (SSSR count). The van der Waals surface area contributed by atoms with Gasteiger partial charge in [0.05, 0.1) is 6.17 Å². The first-order chi connectivity index (χ1) is 10.2. The third-order valence-corrected chi connectivity index (χ3v) is 4.82. The first-order valence-electron chi connectivity index (χ1n) is 8.20. The van der Waals surface area contributed by atoms with Gasteiger partial charge in [0.1, 0.15) is 0 Å². The number of nitrogens with zero attached hydrogens (tertiary/aromatic N) is 2. The zero-order chi connectivity index (χ0) is 15.0. The number of hydrogen-bond acceptors (Lipinski definition) is 2. The molecule has 0 spiro atoms. The zero-order valence-electron chi connectivity index (χ0n) is 13.7. The van der Waals surface area contributed by atoms with Crippen molar-refractivity contribution >= 4 is 10.9 Å². The SMILES string of the molecule is CCC1NCCc2c1n(C(CC)N(C)C)c1ccccc21. The quantitative estimate of drug-likeness (QED) is 0.924. The molecule has 1 aliphatic rings. The molecule has 2 heterocycles. The topological polar surface area (TPSA) is 20.2 Å². The largest absolute Gasteiger partial charge is 0.327 e. The van der Waals surface area contributed by atoms with Gasteiger partial charge in [-0.05, 0) is 51.5 Å². The Kier molecular flexibility index (Phi) is 4.05. The van der Waals surface area contributed by atoms with E-state index >= 15 is 0 Å². The van der Waals surface area contributed by atoms with Crippen LogP contribution in [0.4, 0.5) is 0 Å². The lowest BCUT2D eigenvalue weighted by atomic mass is 9.97. The van der Waals surface area contributed by atoms with Crippen molar-refractivity contribution in [3.63, 3.8) is 0 Å². The standard InChI is InChI=1S/C18H27N3/c1-5-15-18-14(11-12-19-15)13-9-7-8-10-16(13)21(18)17(6-2)20(3)4/h7-10,15,17,19H,5-6,11-12H2,1-4H3. The van der Waals surface area contributed by atoms with E-state index in [4.69, 9.17) is 0 Å². The summed E-state index contributed by atoms with van der Waals surface area (Å²) in [5.74, 6) is 0. The molecule has 1 N–H and O–H groups in total. The molecule has 2 unspecified atom stereocenters. The fraction of sp³-hybridized carbons (Fsp3) is 0.556. The highest BCUT2D eigenvalue weighted by atomic mass is 15.3. The molecule has 3 nitrogen and oxygen atoms in total. The molecule has 1 aliphatic heterocycles. The van der Waals surface area contributed by atoms with Crippen LogP contribution < -0.4 is 5.32 Å². The number of para-hydroxylation sites is 1. The van der Waals surface area contributed by atoms with E-state index in [1.165, 1.54) is 16.6 Å². The third-order valence-electron chi connectivity index (χ3n) is 4.82. The Hall–Kier alpha value is -1.32. The molecule has 0 bridgehead atoms. The minimum Gasteiger partial charge on any atom is -0.327 e. The number of aromatic nitrogens is 1. The van der Waals surface area contributed by atoms with Gasteiger partial charge in [0.15, 0.2) is 0 Å². The summed E-state index contributed by atoms with van der Waals surface area (Å²) < 4.78 is 2.59. The molecule has 1 aromatic carbocycles. The van der Waals surface area contributed by atoms with Crippen molar-refractivity contribution in [2.24, 2.45) is 0 Å². The fourth-order valence-electron chi connectivity index (χ4n) is 3.90. The van der Waals surface area contributed by atoms with Gasteiger partial charge in [-0.2, -0.15) is 0 Å². The first kappa shape index (κ1) is 14.6. The van der Waals surface area contributed by atoms with Gasteiger partial charge in [-0.15, -0.1) is 0 Å². The van der Waals surface area contributed by atoms with Gasteiger partial charge in [-0.1, -0.05) is 32.0 Å². The lowest BCUT2D eigenvalue weighted by Gasteiger charge is -2.32. The van der Waals surface area contributed by atoms with Crippen LogP contribution in [-0.4, -0.2) is 30.1 Å². The molecular formula is C18H27N3. The van der Waals surface area contributed by atoms with Crippen molar-refractivity contribution in [3.05, 3.63) is 35.5 Å². The van der Waals surface area contributed by atoms with E-state index in [1.807, 2.05) is 0 Å². The van der Waals surface area contributed by atoms with Crippen LogP contribution >= 0.6 is 0 Å². The summed E-state index contributed by atoms with van der Waals surface area (Å²) in [6.45, 7) is 5.66. The Bertz CT molecular complexity index is 627. The second kappa shape index (κ2) is 5.82. The van der Waals surface area contributed by atoms with Crippen molar-refractivity contribution in [1.82, 2.24) is 14.8 Å². The predicted molar refractivity (Wildman–Crippen MR) is 89.7 cm³/mol. The zero-order valence-corrected chi connectivity index (χ0v) is 13.7. The van der Waals surface area contributed by atoms with Gasteiger partial charge < -0.3 is 9.88 Å². The van der Waals surface area contributed by atoms with Gasteiger partial charge in [-0.25, -0.2) is 0 Å². The summed E-state index contributed by atoms with van der Waals surface area (Å²) in [4.78, 5) is 2.34. The van der Waals surface area contributed by atoms with E-state index in [0.717, 1.165) is 25.8 Å². The maximum atomic E-state index is 3.70. The van der Waals surface area contributed by atoms with Crippen LogP contribution in [0, 0.1) is 0 Å². The van der Waals surface area contributed by atoms with Gasteiger partial charge >= 0.3 is 0 Å². The molecule has 0 radical (unpaired) electrons. The lowest BCUT2D eigenvalue weighted by Crippen LogP contribution is -2.34. The third kappa shape index (κ3) is 2.29. The van der Waals surface area contributed by atoms with Crippen molar-refractivity contribution in [2.75, 3.05) is 20.6 Å². The smallest absolute Gasteiger partial charge is 0.0860 e. The minimum absolute atomic E-state index is 0.424. The molecule has 21 heavy (non-hydrogen) atoms. The molecule has 3 heteroatoms. The molecule has 0 saturated heterocycles. The molecule has 0 saturated carbocycles. The number of nitrogens with one attached hydrogen (secondary N) is 1. The predicted octanol–water partition coefficient (Wildman–Crippen LogP) is 3.71. The highest BCUT2D eigenvalue weighted by molar-refractivity contribution is 5.86. The number of benzene rings is 1. The van der Waals surface area contributed by atoms with Gasteiger partial charge in [0.25, 0.3) is 0 Å². The summed E-state index contributed by atoms with van der Waals surface area (Å²) >= 11 is 0. The normalized spacial score (nSPS) is 20.0. The van der Waals surface area contributed by atoms with Gasteiger partial charge in [0.2, 0.25) is 0 Å². The maximum Gasteiger partial charge on any atom is 0.0860 e. The van der Waals surface area contributed by atoms with E-state index in [2.05, 4.69) is 67.0 Å². The van der Waals surface area contributed by atoms with Crippen LogP contribution in [0.25, 0.3) is 10.9 Å². The average molecular weight is 285 g/mol. The van der Waals surface area contributed by atoms with E-state index in [1.54, 1.807) is 5.56 Å². The number of rotatable bonds is 4. The monoisotopic (exact) mass is 285 g/mol. The second-order valence-corrected chi connectivity index (χ2v) is 6.27. The van der Waals surface area contributed by atoms with E-state index < -0.39 is 0 Å². The van der Waals surface area contributed by atoms with E-state index in [-0.39, 0.29) is 0 Å². The van der Waals surface area contributed by atoms with Crippen molar-refractivity contribution in [3.8, 4) is 0 Å². The van der Waals surface area contributed by atoms with Crippen LogP contribution in [0.1, 0.15) is 50.2 Å². The number of fused-ring (bicyclic) bond motifs is 3. The molecular weight excluding hydrogens is 258 g/mol. The second-order valence-electron chi connectivity index (χ2n) is 6.27. The Morgan fingerprint density at radius 3 is 2.71 bits per heavy atom. The van der Waals surface area contributed by atoms with E-state index in [9.17, 15) is 0 Å². The van der Waals surface area contributed by atoms with E-state index in [0.29, 0.717) is 12.2 Å². The maximum absolute atomic E-state index is 3.70. The van der Waals surface area contributed by atoms with Crippen molar-refractivity contribution in [2.45, 2.75) is 45.3 Å². The fourth-order valence-corrected chi connectivity index (χ4v) is 3.90.